The van der Waals surface area contributed by atoms with Crippen LogP contribution in [0.3, 0.4) is 0 Å². The molecule has 1 heterocycles. The molecule has 2 rings (SSSR count). The topological polar surface area (TPSA) is 49.1 Å². The SMILES string of the molecule is COc1cccc(CN(C)c2ncc(Br)cc2C#N)c1. The van der Waals surface area contributed by atoms with Crippen molar-refractivity contribution in [2.45, 2.75) is 6.54 Å². The van der Waals surface area contributed by atoms with E-state index in [1.807, 2.05) is 36.2 Å². The van der Waals surface area contributed by atoms with Gasteiger partial charge in [0.2, 0.25) is 0 Å². The molecular formula is C15H14BrN3O. The van der Waals surface area contributed by atoms with Crippen LogP contribution in [0.5, 0.6) is 5.75 Å². The zero-order valence-corrected chi connectivity index (χ0v) is 12.9. The molecular weight excluding hydrogens is 318 g/mol. The van der Waals surface area contributed by atoms with Gasteiger partial charge in [-0.2, -0.15) is 5.26 Å². The van der Waals surface area contributed by atoms with Gasteiger partial charge in [-0.05, 0) is 39.7 Å². The normalized spacial score (nSPS) is 9.90. The number of nitrogens with zero attached hydrogens (tertiary/aromatic N) is 3. The number of pyridine rings is 1. The number of aromatic nitrogens is 1. The summed E-state index contributed by atoms with van der Waals surface area (Å²) < 4.78 is 6.01. The van der Waals surface area contributed by atoms with Crippen LogP contribution in [0, 0.1) is 11.3 Å². The lowest BCUT2D eigenvalue weighted by Gasteiger charge is -2.19. The van der Waals surface area contributed by atoms with Crippen molar-refractivity contribution < 1.29 is 4.74 Å². The van der Waals surface area contributed by atoms with Gasteiger partial charge in [0.05, 0.1) is 12.7 Å². The largest absolute Gasteiger partial charge is 0.497 e. The Balaban J connectivity index is 2.24. The van der Waals surface area contributed by atoms with Crippen LogP contribution in [0.2, 0.25) is 0 Å². The smallest absolute Gasteiger partial charge is 0.146 e. The van der Waals surface area contributed by atoms with Gasteiger partial charge in [-0.25, -0.2) is 4.98 Å². The zero-order chi connectivity index (χ0) is 14.5. The second-order valence-corrected chi connectivity index (χ2v) is 5.26. The Bertz CT molecular complexity index is 652. The quantitative estimate of drug-likeness (QED) is 0.861. The molecule has 0 aliphatic rings. The molecule has 0 aliphatic carbocycles. The average Bonchev–Trinajstić information content (AvgIpc) is 2.47. The molecule has 0 radical (unpaired) electrons. The lowest BCUT2D eigenvalue weighted by atomic mass is 10.2. The highest BCUT2D eigenvalue weighted by Crippen LogP contribution is 2.22. The molecule has 0 aliphatic heterocycles. The number of hydrogen-bond acceptors (Lipinski definition) is 4. The Morgan fingerprint density at radius 2 is 2.20 bits per heavy atom. The highest BCUT2D eigenvalue weighted by atomic mass is 79.9. The third-order valence-electron chi connectivity index (χ3n) is 2.87. The third kappa shape index (κ3) is 3.28. The standard InChI is InChI=1S/C15H14BrN3O/c1-19(10-11-4-3-5-14(6-11)20-2)15-12(8-17)7-13(16)9-18-15/h3-7,9H,10H2,1-2H3. The predicted molar refractivity (Wildman–Crippen MR) is 81.8 cm³/mol. The Kier molecular flexibility index (Phi) is 4.59. The van der Waals surface area contributed by atoms with E-state index in [1.165, 1.54) is 0 Å². The van der Waals surface area contributed by atoms with Gasteiger partial charge in [-0.3, -0.25) is 0 Å². The summed E-state index contributed by atoms with van der Waals surface area (Å²) in [7, 11) is 3.56. The maximum atomic E-state index is 9.18. The fourth-order valence-electron chi connectivity index (χ4n) is 1.94. The predicted octanol–water partition coefficient (Wildman–Crippen LogP) is 3.36. The molecule has 1 aromatic heterocycles. The fourth-order valence-corrected chi connectivity index (χ4v) is 2.27. The van der Waals surface area contributed by atoms with Crippen LogP contribution in [0.4, 0.5) is 5.82 Å². The van der Waals surface area contributed by atoms with Crippen LogP contribution in [0.1, 0.15) is 11.1 Å². The molecule has 1 aromatic carbocycles. The van der Waals surface area contributed by atoms with E-state index < -0.39 is 0 Å². The molecule has 0 saturated heterocycles. The van der Waals surface area contributed by atoms with Crippen molar-refractivity contribution in [1.82, 2.24) is 4.98 Å². The molecule has 20 heavy (non-hydrogen) atoms. The summed E-state index contributed by atoms with van der Waals surface area (Å²) in [6.45, 7) is 0.653. The molecule has 0 N–H and O–H groups in total. The summed E-state index contributed by atoms with van der Waals surface area (Å²) in [5.41, 5.74) is 1.64. The number of halogens is 1. The summed E-state index contributed by atoms with van der Waals surface area (Å²) in [4.78, 5) is 6.26. The van der Waals surface area contributed by atoms with Crippen molar-refractivity contribution in [1.29, 1.82) is 5.26 Å². The number of nitriles is 1. The van der Waals surface area contributed by atoms with E-state index in [4.69, 9.17) is 4.74 Å². The fraction of sp³-hybridized carbons (Fsp3) is 0.200. The zero-order valence-electron chi connectivity index (χ0n) is 11.3. The molecule has 0 fully saturated rings. The molecule has 0 unspecified atom stereocenters. The Morgan fingerprint density at radius 3 is 2.90 bits per heavy atom. The molecule has 0 saturated carbocycles. The Morgan fingerprint density at radius 1 is 1.40 bits per heavy atom. The minimum atomic E-state index is 0.546. The van der Waals surface area contributed by atoms with E-state index in [2.05, 4.69) is 27.0 Å². The second kappa shape index (κ2) is 6.40. The number of ether oxygens (including phenoxy) is 1. The first kappa shape index (κ1) is 14.4. The molecule has 0 atom stereocenters. The monoisotopic (exact) mass is 331 g/mol. The van der Waals surface area contributed by atoms with Crippen LogP contribution >= 0.6 is 15.9 Å². The van der Waals surface area contributed by atoms with Crippen LogP contribution in [0.25, 0.3) is 0 Å². The summed E-state index contributed by atoms with van der Waals surface area (Å²) in [5, 5.41) is 9.18. The van der Waals surface area contributed by atoms with Gasteiger partial charge >= 0.3 is 0 Å². The van der Waals surface area contributed by atoms with E-state index >= 15 is 0 Å². The summed E-state index contributed by atoms with van der Waals surface area (Å²) >= 11 is 3.32. The van der Waals surface area contributed by atoms with Gasteiger partial charge in [0.1, 0.15) is 17.6 Å². The minimum absolute atomic E-state index is 0.546. The van der Waals surface area contributed by atoms with Gasteiger partial charge in [-0.1, -0.05) is 12.1 Å². The summed E-state index contributed by atoms with van der Waals surface area (Å²) in [6.07, 6.45) is 1.69. The van der Waals surface area contributed by atoms with E-state index in [0.717, 1.165) is 15.8 Å². The molecule has 2 aromatic rings. The van der Waals surface area contributed by atoms with E-state index in [-0.39, 0.29) is 0 Å². The van der Waals surface area contributed by atoms with E-state index in [9.17, 15) is 5.26 Å². The molecule has 102 valence electrons. The first-order valence-electron chi connectivity index (χ1n) is 6.03. The van der Waals surface area contributed by atoms with Crippen molar-refractivity contribution >= 4 is 21.7 Å². The molecule has 4 nitrogen and oxygen atoms in total. The van der Waals surface area contributed by atoms with Gasteiger partial charge < -0.3 is 9.64 Å². The van der Waals surface area contributed by atoms with Gasteiger partial charge in [0.15, 0.2) is 0 Å². The second-order valence-electron chi connectivity index (χ2n) is 4.34. The van der Waals surface area contributed by atoms with Gasteiger partial charge in [-0.15, -0.1) is 0 Å². The van der Waals surface area contributed by atoms with Gasteiger partial charge in [0, 0.05) is 24.3 Å². The van der Waals surface area contributed by atoms with Gasteiger partial charge in [0.25, 0.3) is 0 Å². The molecule has 0 bridgehead atoms. The highest BCUT2D eigenvalue weighted by molar-refractivity contribution is 9.10. The summed E-state index contributed by atoms with van der Waals surface area (Å²) in [5.74, 6) is 1.48. The summed E-state index contributed by atoms with van der Waals surface area (Å²) in [6, 6.07) is 11.8. The first-order chi connectivity index (χ1) is 9.63. The van der Waals surface area contributed by atoms with Crippen LogP contribution in [-0.2, 0) is 6.54 Å². The maximum Gasteiger partial charge on any atom is 0.146 e. The molecule has 0 spiro atoms. The molecule has 5 heteroatoms. The van der Waals surface area contributed by atoms with Crippen molar-refractivity contribution in [3.05, 3.63) is 52.1 Å². The number of benzene rings is 1. The lowest BCUT2D eigenvalue weighted by Crippen LogP contribution is -2.18. The molecule has 0 amide bonds. The third-order valence-corrected chi connectivity index (χ3v) is 3.30. The van der Waals surface area contributed by atoms with Crippen molar-refractivity contribution in [3.8, 4) is 11.8 Å². The number of hydrogen-bond donors (Lipinski definition) is 0. The Hall–Kier alpha value is -2.06. The van der Waals surface area contributed by atoms with Crippen molar-refractivity contribution in [3.63, 3.8) is 0 Å². The highest BCUT2D eigenvalue weighted by Gasteiger charge is 2.10. The van der Waals surface area contributed by atoms with E-state index in [1.54, 1.807) is 19.4 Å². The lowest BCUT2D eigenvalue weighted by molar-refractivity contribution is 0.414. The minimum Gasteiger partial charge on any atom is -0.497 e. The van der Waals surface area contributed by atoms with Crippen molar-refractivity contribution in [2.24, 2.45) is 0 Å². The maximum absolute atomic E-state index is 9.18. The van der Waals surface area contributed by atoms with Crippen LogP contribution in [-0.4, -0.2) is 19.1 Å². The number of anilines is 1. The van der Waals surface area contributed by atoms with Crippen molar-refractivity contribution in [2.75, 3.05) is 19.1 Å². The van der Waals surface area contributed by atoms with Crippen LogP contribution < -0.4 is 9.64 Å². The average molecular weight is 332 g/mol. The van der Waals surface area contributed by atoms with Crippen LogP contribution in [0.15, 0.2) is 41.0 Å². The Labute approximate surface area is 126 Å². The number of rotatable bonds is 4. The van der Waals surface area contributed by atoms with E-state index in [0.29, 0.717) is 17.9 Å². The number of methoxy groups -OCH3 is 1. The first-order valence-corrected chi connectivity index (χ1v) is 6.83.